The highest BCUT2D eigenvalue weighted by Gasteiger charge is 2.23. The molecule has 0 radical (unpaired) electrons. The smallest absolute Gasteiger partial charge is 0.225 e. The van der Waals surface area contributed by atoms with E-state index < -0.39 is 0 Å². The van der Waals surface area contributed by atoms with Crippen LogP contribution in [0.2, 0.25) is 10.4 Å². The van der Waals surface area contributed by atoms with Gasteiger partial charge in [0.15, 0.2) is 10.8 Å². The van der Waals surface area contributed by atoms with Gasteiger partial charge in [-0.2, -0.15) is 4.98 Å². The first-order chi connectivity index (χ1) is 7.25. The van der Waals surface area contributed by atoms with Crippen molar-refractivity contribution in [2.75, 3.05) is 0 Å². The summed E-state index contributed by atoms with van der Waals surface area (Å²) in [7, 11) is 0. The SMILES string of the molecule is Clc1nc(Cl)c2c(ncn2C2CCC2)n1. The molecular weight excluding hydrogens is 235 g/mol. The number of aromatic nitrogens is 4. The molecule has 6 heteroatoms. The number of hydrogen-bond donors (Lipinski definition) is 0. The van der Waals surface area contributed by atoms with Gasteiger partial charge in [0.1, 0.15) is 5.52 Å². The van der Waals surface area contributed by atoms with E-state index in [4.69, 9.17) is 23.2 Å². The highest BCUT2D eigenvalue weighted by molar-refractivity contribution is 6.35. The number of imidazole rings is 1. The van der Waals surface area contributed by atoms with Crippen molar-refractivity contribution in [3.05, 3.63) is 16.8 Å². The fourth-order valence-electron chi connectivity index (χ4n) is 1.82. The second kappa shape index (κ2) is 3.32. The highest BCUT2D eigenvalue weighted by Crippen LogP contribution is 2.35. The van der Waals surface area contributed by atoms with Crippen LogP contribution in [0.4, 0.5) is 0 Å². The van der Waals surface area contributed by atoms with E-state index in [0.29, 0.717) is 16.8 Å². The van der Waals surface area contributed by atoms with Gasteiger partial charge in [0.25, 0.3) is 0 Å². The zero-order valence-electron chi connectivity index (χ0n) is 7.82. The third kappa shape index (κ3) is 1.40. The molecule has 4 nitrogen and oxygen atoms in total. The molecule has 78 valence electrons. The van der Waals surface area contributed by atoms with Crippen molar-refractivity contribution in [1.29, 1.82) is 0 Å². The number of nitrogens with zero attached hydrogens (tertiary/aromatic N) is 4. The van der Waals surface area contributed by atoms with Gasteiger partial charge in [0, 0.05) is 6.04 Å². The Morgan fingerprint density at radius 3 is 2.73 bits per heavy atom. The average Bonchev–Trinajstić information content (AvgIpc) is 2.45. The summed E-state index contributed by atoms with van der Waals surface area (Å²) in [4.78, 5) is 12.2. The molecule has 0 aliphatic heterocycles. The first-order valence-corrected chi connectivity index (χ1v) is 5.57. The van der Waals surface area contributed by atoms with Crippen molar-refractivity contribution in [2.24, 2.45) is 0 Å². The molecule has 0 bridgehead atoms. The molecule has 0 unspecified atom stereocenters. The molecule has 1 aliphatic carbocycles. The summed E-state index contributed by atoms with van der Waals surface area (Å²) in [6, 6.07) is 0.497. The third-order valence-electron chi connectivity index (χ3n) is 2.83. The van der Waals surface area contributed by atoms with E-state index in [-0.39, 0.29) is 5.28 Å². The first kappa shape index (κ1) is 9.36. The molecule has 2 aromatic heterocycles. The summed E-state index contributed by atoms with van der Waals surface area (Å²) >= 11 is 11.7. The monoisotopic (exact) mass is 242 g/mol. The van der Waals surface area contributed by atoms with Gasteiger partial charge < -0.3 is 4.57 Å². The van der Waals surface area contributed by atoms with Crippen molar-refractivity contribution in [3.63, 3.8) is 0 Å². The molecule has 2 aromatic rings. The van der Waals surface area contributed by atoms with Crippen LogP contribution in [0.1, 0.15) is 25.3 Å². The van der Waals surface area contributed by atoms with Crippen LogP contribution in [-0.4, -0.2) is 19.5 Å². The van der Waals surface area contributed by atoms with Crippen LogP contribution in [0.25, 0.3) is 11.2 Å². The zero-order chi connectivity index (χ0) is 10.4. The molecule has 0 N–H and O–H groups in total. The molecule has 1 fully saturated rings. The van der Waals surface area contributed by atoms with Crippen LogP contribution in [-0.2, 0) is 0 Å². The Hall–Kier alpha value is -0.870. The molecule has 3 rings (SSSR count). The minimum Gasteiger partial charge on any atom is -0.324 e. The molecule has 1 saturated carbocycles. The van der Waals surface area contributed by atoms with Gasteiger partial charge in [-0.05, 0) is 30.9 Å². The molecule has 15 heavy (non-hydrogen) atoms. The molecule has 0 saturated heterocycles. The molecule has 0 aromatic carbocycles. The normalized spacial score (nSPS) is 16.9. The Morgan fingerprint density at radius 2 is 2.07 bits per heavy atom. The van der Waals surface area contributed by atoms with Gasteiger partial charge in [-0.25, -0.2) is 9.97 Å². The van der Waals surface area contributed by atoms with E-state index in [2.05, 4.69) is 19.5 Å². The summed E-state index contributed by atoms with van der Waals surface area (Å²) < 4.78 is 2.05. The Kier molecular flexibility index (Phi) is 2.07. The van der Waals surface area contributed by atoms with E-state index in [9.17, 15) is 0 Å². The Bertz CT molecular complexity index is 518. The lowest BCUT2D eigenvalue weighted by molar-refractivity contribution is 0.320. The molecule has 2 heterocycles. The van der Waals surface area contributed by atoms with Gasteiger partial charge in [0.05, 0.1) is 6.33 Å². The van der Waals surface area contributed by atoms with E-state index >= 15 is 0 Å². The second-order valence-corrected chi connectivity index (χ2v) is 4.39. The van der Waals surface area contributed by atoms with Gasteiger partial charge in [0.2, 0.25) is 5.28 Å². The predicted molar refractivity (Wildman–Crippen MR) is 58.2 cm³/mol. The molecule has 0 atom stereocenters. The fourth-order valence-corrected chi connectivity index (χ4v) is 2.29. The molecule has 0 amide bonds. The van der Waals surface area contributed by atoms with Gasteiger partial charge in [-0.3, -0.25) is 0 Å². The van der Waals surface area contributed by atoms with Crippen LogP contribution in [0.15, 0.2) is 6.33 Å². The van der Waals surface area contributed by atoms with E-state index in [1.165, 1.54) is 19.3 Å². The summed E-state index contributed by atoms with van der Waals surface area (Å²) in [5, 5.41) is 0.528. The lowest BCUT2D eigenvalue weighted by atomic mass is 9.93. The minimum absolute atomic E-state index is 0.145. The van der Waals surface area contributed by atoms with Crippen molar-refractivity contribution < 1.29 is 0 Å². The predicted octanol–water partition coefficient (Wildman–Crippen LogP) is 2.86. The molecular formula is C9H8Cl2N4. The summed E-state index contributed by atoms with van der Waals surface area (Å²) in [6.07, 6.45) is 5.37. The molecule has 1 aliphatic rings. The Labute approximate surface area is 96.3 Å². The largest absolute Gasteiger partial charge is 0.324 e. The van der Waals surface area contributed by atoms with Crippen LogP contribution in [0.3, 0.4) is 0 Å². The van der Waals surface area contributed by atoms with E-state index in [1.54, 1.807) is 6.33 Å². The zero-order valence-corrected chi connectivity index (χ0v) is 9.33. The number of halogens is 2. The Morgan fingerprint density at radius 1 is 1.27 bits per heavy atom. The van der Waals surface area contributed by atoms with E-state index in [1.807, 2.05) is 0 Å². The van der Waals surface area contributed by atoms with Crippen molar-refractivity contribution in [1.82, 2.24) is 19.5 Å². The lowest BCUT2D eigenvalue weighted by Crippen LogP contribution is -2.16. The average molecular weight is 243 g/mol. The highest BCUT2D eigenvalue weighted by atomic mass is 35.5. The van der Waals surface area contributed by atoms with Crippen LogP contribution in [0.5, 0.6) is 0 Å². The van der Waals surface area contributed by atoms with Crippen LogP contribution >= 0.6 is 23.2 Å². The number of rotatable bonds is 1. The summed E-state index contributed by atoms with van der Waals surface area (Å²) in [5.74, 6) is 0. The van der Waals surface area contributed by atoms with Gasteiger partial charge in [-0.1, -0.05) is 11.6 Å². The maximum Gasteiger partial charge on any atom is 0.225 e. The summed E-state index contributed by atoms with van der Waals surface area (Å²) in [6.45, 7) is 0. The second-order valence-electron chi connectivity index (χ2n) is 3.69. The molecule has 0 spiro atoms. The third-order valence-corrected chi connectivity index (χ3v) is 3.26. The maximum absolute atomic E-state index is 6.04. The first-order valence-electron chi connectivity index (χ1n) is 4.81. The van der Waals surface area contributed by atoms with Crippen molar-refractivity contribution >= 4 is 34.4 Å². The lowest BCUT2D eigenvalue weighted by Gasteiger charge is -2.27. The minimum atomic E-state index is 0.145. The maximum atomic E-state index is 6.04. The fraction of sp³-hybridized carbons (Fsp3) is 0.444. The number of hydrogen-bond acceptors (Lipinski definition) is 3. The van der Waals surface area contributed by atoms with Crippen molar-refractivity contribution in [3.8, 4) is 0 Å². The number of fused-ring (bicyclic) bond motifs is 1. The van der Waals surface area contributed by atoms with Gasteiger partial charge >= 0.3 is 0 Å². The van der Waals surface area contributed by atoms with E-state index in [0.717, 1.165) is 5.52 Å². The topological polar surface area (TPSA) is 43.6 Å². The quantitative estimate of drug-likeness (QED) is 0.571. The van der Waals surface area contributed by atoms with Crippen LogP contribution < -0.4 is 0 Å². The Balaban J connectivity index is 2.23. The van der Waals surface area contributed by atoms with Gasteiger partial charge in [-0.15, -0.1) is 0 Å². The summed E-state index contributed by atoms with van der Waals surface area (Å²) in [5.41, 5.74) is 1.37. The standard InChI is InChI=1S/C9H8Cl2N4/c10-7-6-8(14-9(11)13-7)12-4-15(6)5-2-1-3-5/h4-5H,1-3H2. The van der Waals surface area contributed by atoms with Crippen LogP contribution in [0, 0.1) is 0 Å². The van der Waals surface area contributed by atoms with Crippen molar-refractivity contribution in [2.45, 2.75) is 25.3 Å².